The van der Waals surface area contributed by atoms with Crippen molar-refractivity contribution in [2.24, 2.45) is 11.8 Å². The van der Waals surface area contributed by atoms with E-state index in [-0.39, 0.29) is 11.5 Å². The first-order valence-electron chi connectivity index (χ1n) is 6.83. The third-order valence-corrected chi connectivity index (χ3v) is 3.61. The van der Waals surface area contributed by atoms with Gasteiger partial charge in [0.2, 0.25) is 0 Å². The molecule has 0 radical (unpaired) electrons. The van der Waals surface area contributed by atoms with Crippen molar-refractivity contribution in [2.45, 2.75) is 52.1 Å². The molecule has 0 aliphatic heterocycles. The van der Waals surface area contributed by atoms with Crippen LogP contribution in [0.4, 0.5) is 0 Å². The van der Waals surface area contributed by atoms with E-state index in [1.807, 2.05) is 12.2 Å². The van der Waals surface area contributed by atoms with Crippen molar-refractivity contribution < 1.29 is 9.68 Å². The lowest BCUT2D eigenvalue weighted by atomic mass is 9.95. The number of hydrogen-bond acceptors (Lipinski definition) is 4. The molecule has 4 nitrogen and oxygen atoms in total. The molecule has 102 valence electrons. The van der Waals surface area contributed by atoms with Gasteiger partial charge in [0.1, 0.15) is 5.76 Å². The van der Waals surface area contributed by atoms with Crippen molar-refractivity contribution in [3.63, 3.8) is 0 Å². The summed E-state index contributed by atoms with van der Waals surface area (Å²) in [6.45, 7) is 4.36. The molecule has 0 aromatic heterocycles. The predicted octanol–water partition coefficient (Wildman–Crippen LogP) is 3.71. The van der Waals surface area contributed by atoms with Crippen LogP contribution in [0.5, 0.6) is 0 Å². The van der Waals surface area contributed by atoms with Crippen LogP contribution >= 0.6 is 0 Å². The van der Waals surface area contributed by atoms with Gasteiger partial charge in [-0.25, -0.2) is 0 Å². The SMILES string of the molecule is CC1C=CC(ON([O-])OC2=CCC(C)CC2)CC1. The molecular formula is C14H22NO3-. The Hall–Kier alpha value is -0.840. The fourth-order valence-corrected chi connectivity index (χ4v) is 2.27. The Labute approximate surface area is 109 Å². The summed E-state index contributed by atoms with van der Waals surface area (Å²) in [6.07, 6.45) is 10.7. The highest BCUT2D eigenvalue weighted by molar-refractivity contribution is 4.99. The highest BCUT2D eigenvalue weighted by Gasteiger charge is 2.16. The summed E-state index contributed by atoms with van der Waals surface area (Å²) in [7, 11) is 0. The van der Waals surface area contributed by atoms with Crippen molar-refractivity contribution in [1.29, 1.82) is 0 Å². The van der Waals surface area contributed by atoms with Crippen molar-refractivity contribution in [1.82, 2.24) is 5.39 Å². The smallest absolute Gasteiger partial charge is 0.122 e. The minimum absolute atomic E-state index is 0.151. The van der Waals surface area contributed by atoms with E-state index in [0.29, 0.717) is 11.8 Å². The maximum Gasteiger partial charge on any atom is 0.122 e. The molecule has 0 saturated heterocycles. The number of allylic oxidation sites excluding steroid dienone is 3. The van der Waals surface area contributed by atoms with E-state index in [1.54, 1.807) is 0 Å². The molecule has 2 rings (SSSR count). The van der Waals surface area contributed by atoms with Crippen molar-refractivity contribution in [3.05, 3.63) is 29.2 Å². The van der Waals surface area contributed by atoms with E-state index in [9.17, 15) is 5.21 Å². The molecular weight excluding hydrogens is 230 g/mol. The molecule has 0 saturated carbocycles. The molecule has 0 amide bonds. The molecule has 0 bridgehead atoms. The van der Waals surface area contributed by atoms with Gasteiger partial charge in [-0.05, 0) is 43.6 Å². The van der Waals surface area contributed by atoms with Gasteiger partial charge in [0.25, 0.3) is 0 Å². The van der Waals surface area contributed by atoms with Gasteiger partial charge in [-0.3, -0.25) is 4.84 Å². The average Bonchev–Trinajstić information content (AvgIpc) is 2.35. The van der Waals surface area contributed by atoms with Crippen LogP contribution in [0.15, 0.2) is 24.0 Å². The summed E-state index contributed by atoms with van der Waals surface area (Å²) in [5.41, 5.74) is 0. The van der Waals surface area contributed by atoms with Crippen LogP contribution in [0.1, 0.15) is 46.0 Å². The highest BCUT2D eigenvalue weighted by Crippen LogP contribution is 2.25. The van der Waals surface area contributed by atoms with Gasteiger partial charge in [-0.2, -0.15) is 0 Å². The third kappa shape index (κ3) is 4.12. The van der Waals surface area contributed by atoms with Crippen molar-refractivity contribution in [2.75, 3.05) is 0 Å². The van der Waals surface area contributed by atoms with Gasteiger partial charge in [0.15, 0.2) is 0 Å². The standard InChI is InChI=1S/C14H22NO3/c1-11-3-7-13(8-4-11)17-15(16)18-14-9-5-12(2)6-10-14/h3,7,9,11-13H,4-6,8,10H2,1-2H3/q-1. The Morgan fingerprint density at radius 3 is 2.67 bits per heavy atom. The monoisotopic (exact) mass is 252 g/mol. The zero-order valence-corrected chi connectivity index (χ0v) is 11.2. The van der Waals surface area contributed by atoms with Crippen molar-refractivity contribution in [3.8, 4) is 0 Å². The Balaban J connectivity index is 1.75. The molecule has 0 N–H and O–H groups in total. The van der Waals surface area contributed by atoms with Gasteiger partial charge >= 0.3 is 0 Å². The Morgan fingerprint density at radius 2 is 2.06 bits per heavy atom. The quantitative estimate of drug-likeness (QED) is 0.565. The van der Waals surface area contributed by atoms with E-state index in [1.165, 1.54) is 0 Å². The first kappa shape index (κ1) is 13.6. The lowest BCUT2D eigenvalue weighted by molar-refractivity contribution is -0.332. The summed E-state index contributed by atoms with van der Waals surface area (Å²) in [6, 6.07) is 0. The van der Waals surface area contributed by atoms with Crippen LogP contribution in [0.25, 0.3) is 0 Å². The molecule has 2 aliphatic rings. The average molecular weight is 252 g/mol. The second-order valence-corrected chi connectivity index (χ2v) is 5.45. The zero-order chi connectivity index (χ0) is 13.0. The molecule has 2 aliphatic carbocycles. The molecule has 3 unspecified atom stereocenters. The molecule has 0 heterocycles. The van der Waals surface area contributed by atoms with Crippen LogP contribution in [0.3, 0.4) is 0 Å². The summed E-state index contributed by atoms with van der Waals surface area (Å²) < 4.78 is 0. The Morgan fingerprint density at radius 1 is 1.22 bits per heavy atom. The summed E-state index contributed by atoms with van der Waals surface area (Å²) in [4.78, 5) is 10.3. The lowest BCUT2D eigenvalue weighted by Crippen LogP contribution is -2.26. The van der Waals surface area contributed by atoms with Gasteiger partial charge < -0.3 is 10.0 Å². The topological polar surface area (TPSA) is 44.8 Å². The summed E-state index contributed by atoms with van der Waals surface area (Å²) >= 11 is 0. The fourth-order valence-electron chi connectivity index (χ4n) is 2.27. The second-order valence-electron chi connectivity index (χ2n) is 5.45. The summed E-state index contributed by atoms with van der Waals surface area (Å²) in [5, 5.41) is 11.8. The molecule has 0 aromatic rings. The van der Waals surface area contributed by atoms with Crippen LogP contribution in [0, 0.1) is 17.0 Å². The van der Waals surface area contributed by atoms with Crippen molar-refractivity contribution >= 4 is 0 Å². The molecule has 0 aromatic carbocycles. The van der Waals surface area contributed by atoms with Gasteiger partial charge in [-0.15, -0.1) is 0 Å². The second kappa shape index (κ2) is 6.36. The van der Waals surface area contributed by atoms with Crippen LogP contribution in [-0.4, -0.2) is 11.5 Å². The molecule has 0 fully saturated rings. The highest BCUT2D eigenvalue weighted by atomic mass is 17.1. The number of nitrogens with zero attached hydrogens (tertiary/aromatic N) is 1. The largest absolute Gasteiger partial charge is 0.728 e. The zero-order valence-electron chi connectivity index (χ0n) is 11.2. The third-order valence-electron chi connectivity index (χ3n) is 3.61. The van der Waals surface area contributed by atoms with E-state index in [2.05, 4.69) is 19.9 Å². The maximum atomic E-state index is 11.5. The lowest BCUT2D eigenvalue weighted by Gasteiger charge is -2.32. The predicted molar refractivity (Wildman–Crippen MR) is 69.8 cm³/mol. The van der Waals surface area contributed by atoms with E-state index in [0.717, 1.165) is 37.9 Å². The van der Waals surface area contributed by atoms with E-state index in [4.69, 9.17) is 9.68 Å². The van der Waals surface area contributed by atoms with E-state index < -0.39 is 0 Å². The van der Waals surface area contributed by atoms with Crippen LogP contribution in [0.2, 0.25) is 0 Å². The molecule has 3 atom stereocenters. The first-order valence-corrected chi connectivity index (χ1v) is 6.83. The normalized spacial score (nSPS) is 32.4. The first-order chi connectivity index (χ1) is 8.63. The number of hydrogen-bond donors (Lipinski definition) is 0. The van der Waals surface area contributed by atoms with Gasteiger partial charge in [0.05, 0.1) is 6.10 Å². The fraction of sp³-hybridized carbons (Fsp3) is 0.714. The Kier molecular flexibility index (Phi) is 4.80. The summed E-state index contributed by atoms with van der Waals surface area (Å²) in [5.74, 6) is 1.99. The minimum Gasteiger partial charge on any atom is -0.728 e. The Bertz CT molecular complexity index is 327. The van der Waals surface area contributed by atoms with Gasteiger partial charge in [-0.1, -0.05) is 31.4 Å². The minimum atomic E-state index is -0.151. The van der Waals surface area contributed by atoms with Gasteiger partial charge in [0, 0.05) is 6.42 Å². The maximum absolute atomic E-state index is 11.5. The molecule has 0 spiro atoms. The van der Waals surface area contributed by atoms with Crippen LogP contribution < -0.4 is 0 Å². The van der Waals surface area contributed by atoms with E-state index >= 15 is 0 Å². The number of rotatable bonds is 4. The molecule has 4 heteroatoms. The molecule has 18 heavy (non-hydrogen) atoms. The van der Waals surface area contributed by atoms with Crippen LogP contribution in [-0.2, 0) is 9.68 Å².